The fraction of sp³-hybridized carbons (Fsp3) is 0.286. The van der Waals surface area contributed by atoms with Gasteiger partial charge in [-0.2, -0.15) is 0 Å². The highest BCUT2D eigenvalue weighted by Gasteiger charge is 2.04. The van der Waals surface area contributed by atoms with Crippen LogP contribution in [0.2, 0.25) is 0 Å². The molecule has 0 aromatic heterocycles. The minimum atomic E-state index is 0.0259. The molecule has 2 heteroatoms. The quantitative estimate of drug-likeness (QED) is 0.663. The summed E-state index contributed by atoms with van der Waals surface area (Å²) in [6.45, 7) is 0. The highest BCUT2D eigenvalue weighted by atomic mass is 16.1. The van der Waals surface area contributed by atoms with Crippen molar-refractivity contribution in [3.63, 3.8) is 0 Å². The average Bonchev–Trinajstić information content (AvgIpc) is 2.31. The first-order chi connectivity index (χ1) is 7.74. The van der Waals surface area contributed by atoms with Gasteiger partial charge in [-0.15, -0.1) is 0 Å². The zero-order valence-electron chi connectivity index (χ0n) is 9.11. The Hall–Kier alpha value is -1.70. The Kier molecular flexibility index (Phi) is 3.30. The van der Waals surface area contributed by atoms with Crippen molar-refractivity contribution in [2.45, 2.75) is 25.7 Å². The first-order valence-electron chi connectivity index (χ1n) is 5.55. The van der Waals surface area contributed by atoms with Crippen LogP contribution >= 0.6 is 0 Å². The molecule has 2 aliphatic rings. The molecule has 0 saturated heterocycles. The molecule has 0 heterocycles. The van der Waals surface area contributed by atoms with E-state index in [4.69, 9.17) is 0 Å². The van der Waals surface area contributed by atoms with Crippen LogP contribution in [-0.2, 0) is 22.4 Å². The fourth-order valence-corrected chi connectivity index (χ4v) is 1.76. The molecule has 0 spiro atoms. The highest BCUT2D eigenvalue weighted by molar-refractivity contribution is 5.98. The Morgan fingerprint density at radius 1 is 0.625 bits per heavy atom. The molecule has 1 aromatic carbocycles. The number of hydrogen-bond donors (Lipinski definition) is 0. The van der Waals surface area contributed by atoms with Crippen molar-refractivity contribution in [2.75, 3.05) is 0 Å². The van der Waals surface area contributed by atoms with Crippen molar-refractivity contribution in [2.24, 2.45) is 0 Å². The standard InChI is InChI=1S/C14H14O2/c15-13-7-5-11-1-2-12(4-3-11)6-8-14(16)10-9-13/h1-4,9-10H,5-8H2. The van der Waals surface area contributed by atoms with Gasteiger partial charge in [-0.05, 0) is 36.1 Å². The largest absolute Gasteiger partial charge is 0.295 e. The van der Waals surface area contributed by atoms with Gasteiger partial charge in [-0.25, -0.2) is 0 Å². The lowest BCUT2D eigenvalue weighted by molar-refractivity contribution is -0.116. The number of allylic oxidation sites excluding steroid dienone is 2. The van der Waals surface area contributed by atoms with Crippen molar-refractivity contribution in [3.05, 3.63) is 47.5 Å². The monoisotopic (exact) mass is 214 g/mol. The molecular weight excluding hydrogens is 200 g/mol. The summed E-state index contributed by atoms with van der Waals surface area (Å²) in [5, 5.41) is 0. The molecule has 82 valence electrons. The van der Waals surface area contributed by atoms with E-state index in [2.05, 4.69) is 0 Å². The number of rotatable bonds is 0. The van der Waals surface area contributed by atoms with Gasteiger partial charge in [0.05, 0.1) is 0 Å². The second-order valence-corrected chi connectivity index (χ2v) is 4.08. The van der Waals surface area contributed by atoms with E-state index in [1.165, 1.54) is 23.3 Å². The number of fused-ring (bicyclic) bond motifs is 8. The summed E-state index contributed by atoms with van der Waals surface area (Å²) in [5.41, 5.74) is 2.36. The van der Waals surface area contributed by atoms with Gasteiger partial charge in [0, 0.05) is 12.8 Å². The molecule has 2 aliphatic carbocycles. The van der Waals surface area contributed by atoms with Gasteiger partial charge in [0.2, 0.25) is 0 Å². The van der Waals surface area contributed by atoms with Crippen molar-refractivity contribution >= 4 is 11.6 Å². The number of ketones is 2. The predicted octanol–water partition coefficient (Wildman–Crippen LogP) is 2.26. The third-order valence-corrected chi connectivity index (χ3v) is 2.80. The topological polar surface area (TPSA) is 34.1 Å². The molecular formula is C14H14O2. The van der Waals surface area contributed by atoms with Gasteiger partial charge in [0.25, 0.3) is 0 Å². The van der Waals surface area contributed by atoms with Crippen molar-refractivity contribution < 1.29 is 9.59 Å². The molecule has 0 radical (unpaired) electrons. The zero-order chi connectivity index (χ0) is 11.4. The van der Waals surface area contributed by atoms with Crippen LogP contribution in [0.25, 0.3) is 0 Å². The Morgan fingerprint density at radius 3 is 1.38 bits per heavy atom. The smallest absolute Gasteiger partial charge is 0.156 e. The highest BCUT2D eigenvalue weighted by Crippen LogP contribution is 2.10. The molecule has 1 aromatic rings. The van der Waals surface area contributed by atoms with Crippen molar-refractivity contribution in [1.82, 2.24) is 0 Å². The molecule has 0 atom stereocenters. The van der Waals surface area contributed by atoms with E-state index in [9.17, 15) is 9.59 Å². The second-order valence-electron chi connectivity index (χ2n) is 4.08. The van der Waals surface area contributed by atoms with E-state index >= 15 is 0 Å². The summed E-state index contributed by atoms with van der Waals surface area (Å²) in [5.74, 6) is 0.0519. The van der Waals surface area contributed by atoms with Gasteiger partial charge in [0.1, 0.15) is 0 Å². The lowest BCUT2D eigenvalue weighted by Crippen LogP contribution is -2.02. The third-order valence-electron chi connectivity index (χ3n) is 2.80. The molecule has 16 heavy (non-hydrogen) atoms. The van der Waals surface area contributed by atoms with Gasteiger partial charge in [-0.1, -0.05) is 24.3 Å². The maximum Gasteiger partial charge on any atom is 0.156 e. The van der Waals surface area contributed by atoms with E-state index in [1.807, 2.05) is 24.3 Å². The first kappa shape index (κ1) is 10.8. The van der Waals surface area contributed by atoms with Crippen LogP contribution in [-0.4, -0.2) is 11.6 Å². The zero-order valence-corrected chi connectivity index (χ0v) is 9.11. The van der Waals surface area contributed by atoms with Gasteiger partial charge < -0.3 is 0 Å². The summed E-state index contributed by atoms with van der Waals surface area (Å²) >= 11 is 0. The summed E-state index contributed by atoms with van der Waals surface area (Å²) in [6.07, 6.45) is 5.27. The van der Waals surface area contributed by atoms with Crippen LogP contribution in [0.3, 0.4) is 0 Å². The van der Waals surface area contributed by atoms with E-state index in [-0.39, 0.29) is 11.6 Å². The summed E-state index contributed by atoms with van der Waals surface area (Å²) < 4.78 is 0. The summed E-state index contributed by atoms with van der Waals surface area (Å²) in [6, 6.07) is 8.16. The number of benzene rings is 1. The molecule has 2 bridgehead atoms. The Labute approximate surface area is 95.0 Å². The fourth-order valence-electron chi connectivity index (χ4n) is 1.76. The Morgan fingerprint density at radius 2 is 1.00 bits per heavy atom. The van der Waals surface area contributed by atoms with E-state index in [0.717, 1.165) is 12.8 Å². The minimum Gasteiger partial charge on any atom is -0.295 e. The number of aryl methyl sites for hydroxylation is 2. The molecule has 3 rings (SSSR count). The van der Waals surface area contributed by atoms with Crippen LogP contribution in [0.15, 0.2) is 36.4 Å². The molecule has 2 nitrogen and oxygen atoms in total. The number of hydrogen-bond acceptors (Lipinski definition) is 2. The van der Waals surface area contributed by atoms with Crippen LogP contribution in [0, 0.1) is 0 Å². The van der Waals surface area contributed by atoms with Gasteiger partial charge >= 0.3 is 0 Å². The molecule has 0 N–H and O–H groups in total. The number of carbonyl (C=O) groups is 2. The van der Waals surface area contributed by atoms with Crippen LogP contribution in [0.4, 0.5) is 0 Å². The summed E-state index contributed by atoms with van der Waals surface area (Å²) in [7, 11) is 0. The first-order valence-corrected chi connectivity index (χ1v) is 5.55. The molecule has 0 unspecified atom stereocenters. The van der Waals surface area contributed by atoms with E-state index in [1.54, 1.807) is 0 Å². The maximum absolute atomic E-state index is 11.4. The molecule has 0 saturated carbocycles. The number of carbonyl (C=O) groups excluding carboxylic acids is 2. The van der Waals surface area contributed by atoms with E-state index < -0.39 is 0 Å². The normalized spacial score (nSPS) is 17.0. The Balaban J connectivity index is 2.22. The molecule has 0 aliphatic heterocycles. The van der Waals surface area contributed by atoms with Gasteiger partial charge in [0.15, 0.2) is 11.6 Å². The van der Waals surface area contributed by atoms with E-state index in [0.29, 0.717) is 12.8 Å². The maximum atomic E-state index is 11.4. The lowest BCUT2D eigenvalue weighted by atomic mass is 10.0. The third kappa shape index (κ3) is 2.89. The summed E-state index contributed by atoms with van der Waals surface area (Å²) in [4.78, 5) is 22.8. The van der Waals surface area contributed by atoms with Crippen molar-refractivity contribution in [3.8, 4) is 0 Å². The SMILES string of the molecule is O=C1C=CC(=O)CCc2ccc(cc2)CC1. The van der Waals surface area contributed by atoms with Crippen LogP contribution < -0.4 is 0 Å². The van der Waals surface area contributed by atoms with Crippen molar-refractivity contribution in [1.29, 1.82) is 0 Å². The molecule has 0 fully saturated rings. The average molecular weight is 214 g/mol. The minimum absolute atomic E-state index is 0.0259. The van der Waals surface area contributed by atoms with Crippen LogP contribution in [0.5, 0.6) is 0 Å². The predicted molar refractivity (Wildman–Crippen MR) is 62.2 cm³/mol. The van der Waals surface area contributed by atoms with Gasteiger partial charge in [-0.3, -0.25) is 9.59 Å². The second kappa shape index (κ2) is 4.88. The Bertz CT molecular complexity index is 386. The lowest BCUT2D eigenvalue weighted by Gasteiger charge is -2.04. The van der Waals surface area contributed by atoms with Crippen LogP contribution in [0.1, 0.15) is 24.0 Å². The molecule has 0 amide bonds.